The normalized spacial score (nSPS) is 23.8. The molecule has 0 saturated heterocycles. The molecule has 1 aromatic rings. The van der Waals surface area contributed by atoms with E-state index in [1.54, 1.807) is 18.2 Å². The fraction of sp³-hybridized carbons (Fsp3) is 0.500. The Bertz CT molecular complexity index is 525. The van der Waals surface area contributed by atoms with E-state index in [0.717, 1.165) is 12.8 Å². The Labute approximate surface area is 113 Å². The fourth-order valence-corrected chi connectivity index (χ4v) is 3.37. The molecule has 0 aromatic heterocycles. The monoisotopic (exact) mass is 288 g/mol. The van der Waals surface area contributed by atoms with Crippen LogP contribution in [0.3, 0.4) is 0 Å². The van der Waals surface area contributed by atoms with Crippen molar-refractivity contribution in [1.82, 2.24) is 4.31 Å². The highest BCUT2D eigenvalue weighted by atomic mass is 35.5. The van der Waals surface area contributed by atoms with E-state index >= 15 is 0 Å². The lowest BCUT2D eigenvalue weighted by Gasteiger charge is -2.33. The molecule has 100 valence electrons. The molecule has 1 aromatic carbocycles. The van der Waals surface area contributed by atoms with Crippen molar-refractivity contribution >= 4 is 27.3 Å². The van der Waals surface area contributed by atoms with E-state index in [9.17, 15) is 8.42 Å². The van der Waals surface area contributed by atoms with Crippen LogP contribution in [0.2, 0.25) is 0 Å². The molecular formula is C12H17ClN2O2S. The maximum atomic E-state index is 12.2. The van der Waals surface area contributed by atoms with E-state index in [1.165, 1.54) is 18.4 Å². The SMILES string of the molecule is CN(C)S(=O)(=O)c1ccccc1NC1CC(Cl)C1. The van der Waals surface area contributed by atoms with Crippen molar-refractivity contribution in [2.75, 3.05) is 19.4 Å². The van der Waals surface area contributed by atoms with Crippen LogP contribution >= 0.6 is 11.6 Å². The highest BCUT2D eigenvalue weighted by molar-refractivity contribution is 7.89. The summed E-state index contributed by atoms with van der Waals surface area (Å²) in [6.07, 6.45) is 1.75. The lowest BCUT2D eigenvalue weighted by molar-refractivity contribution is 0.453. The highest BCUT2D eigenvalue weighted by Crippen LogP contribution is 2.31. The number of nitrogens with one attached hydrogen (secondary N) is 1. The first-order valence-corrected chi connectivity index (χ1v) is 7.71. The molecule has 6 heteroatoms. The Balaban J connectivity index is 2.26. The van der Waals surface area contributed by atoms with Crippen molar-refractivity contribution in [1.29, 1.82) is 0 Å². The summed E-state index contributed by atoms with van der Waals surface area (Å²) in [4.78, 5) is 0.313. The number of anilines is 1. The zero-order chi connectivity index (χ0) is 13.3. The third kappa shape index (κ3) is 2.63. The summed E-state index contributed by atoms with van der Waals surface area (Å²) >= 11 is 5.92. The van der Waals surface area contributed by atoms with Gasteiger partial charge in [-0.25, -0.2) is 12.7 Å². The predicted octanol–water partition coefficient (Wildman–Crippen LogP) is 2.12. The van der Waals surface area contributed by atoms with Crippen LogP contribution in [0, 0.1) is 0 Å². The van der Waals surface area contributed by atoms with E-state index in [1.807, 2.05) is 6.07 Å². The molecule has 0 aliphatic heterocycles. The molecule has 0 spiro atoms. The largest absolute Gasteiger partial charge is 0.381 e. The summed E-state index contributed by atoms with van der Waals surface area (Å²) in [6.45, 7) is 0. The molecule has 4 nitrogen and oxygen atoms in total. The Morgan fingerprint density at radius 2 is 1.89 bits per heavy atom. The van der Waals surface area contributed by atoms with Gasteiger partial charge in [-0.3, -0.25) is 0 Å². The predicted molar refractivity (Wildman–Crippen MR) is 73.6 cm³/mol. The van der Waals surface area contributed by atoms with Gasteiger partial charge < -0.3 is 5.32 Å². The quantitative estimate of drug-likeness (QED) is 0.864. The number of rotatable bonds is 4. The van der Waals surface area contributed by atoms with Gasteiger partial charge in [-0.2, -0.15) is 0 Å². The standard InChI is InChI=1S/C12H17ClN2O2S/c1-15(2)18(16,17)12-6-4-3-5-11(12)14-10-7-9(13)8-10/h3-6,9-10,14H,7-8H2,1-2H3. The van der Waals surface area contributed by atoms with Crippen LogP contribution in [-0.2, 0) is 10.0 Å². The third-order valence-electron chi connectivity index (χ3n) is 3.09. The minimum Gasteiger partial charge on any atom is -0.381 e. The number of sulfonamides is 1. The lowest BCUT2D eigenvalue weighted by atomic mass is 9.92. The molecule has 0 bridgehead atoms. The molecule has 1 N–H and O–H groups in total. The minimum absolute atomic E-state index is 0.208. The maximum absolute atomic E-state index is 12.2. The molecule has 18 heavy (non-hydrogen) atoms. The van der Waals surface area contributed by atoms with Gasteiger partial charge in [-0.15, -0.1) is 11.6 Å². The van der Waals surface area contributed by atoms with Gasteiger partial charge in [0.25, 0.3) is 0 Å². The van der Waals surface area contributed by atoms with Crippen molar-refractivity contribution in [3.05, 3.63) is 24.3 Å². The lowest BCUT2D eigenvalue weighted by Crippen LogP contribution is -2.36. The third-order valence-corrected chi connectivity index (χ3v) is 5.32. The summed E-state index contributed by atoms with van der Waals surface area (Å²) in [7, 11) is -0.349. The number of para-hydroxylation sites is 1. The van der Waals surface area contributed by atoms with Gasteiger partial charge in [0.05, 0.1) is 5.69 Å². The van der Waals surface area contributed by atoms with Crippen LogP contribution < -0.4 is 5.32 Å². The zero-order valence-electron chi connectivity index (χ0n) is 10.4. The van der Waals surface area contributed by atoms with Gasteiger partial charge in [-0.05, 0) is 25.0 Å². The summed E-state index contributed by atoms with van der Waals surface area (Å²) in [5.74, 6) is 0. The minimum atomic E-state index is -3.41. The summed E-state index contributed by atoms with van der Waals surface area (Å²) in [6, 6.07) is 7.23. The second-order valence-electron chi connectivity index (χ2n) is 4.69. The van der Waals surface area contributed by atoms with E-state index in [-0.39, 0.29) is 11.4 Å². The van der Waals surface area contributed by atoms with Crippen LogP contribution in [0.5, 0.6) is 0 Å². The molecule has 1 saturated carbocycles. The fourth-order valence-electron chi connectivity index (χ4n) is 1.89. The van der Waals surface area contributed by atoms with Gasteiger partial charge in [0.1, 0.15) is 4.90 Å². The Hall–Kier alpha value is -0.780. The van der Waals surface area contributed by atoms with E-state index in [4.69, 9.17) is 11.6 Å². The molecule has 1 aliphatic rings. The number of benzene rings is 1. The van der Waals surface area contributed by atoms with Crippen LogP contribution in [0.1, 0.15) is 12.8 Å². The van der Waals surface area contributed by atoms with E-state index in [2.05, 4.69) is 5.32 Å². The average Bonchev–Trinajstić information content (AvgIpc) is 2.27. The van der Waals surface area contributed by atoms with Crippen molar-refractivity contribution in [2.24, 2.45) is 0 Å². The van der Waals surface area contributed by atoms with Crippen LogP contribution in [0.25, 0.3) is 0 Å². The highest BCUT2D eigenvalue weighted by Gasteiger charge is 2.29. The molecule has 0 atom stereocenters. The number of hydrogen-bond donors (Lipinski definition) is 1. The Kier molecular flexibility index (Phi) is 3.84. The average molecular weight is 289 g/mol. The van der Waals surface area contributed by atoms with Crippen molar-refractivity contribution in [3.8, 4) is 0 Å². The topological polar surface area (TPSA) is 49.4 Å². The van der Waals surface area contributed by atoms with Gasteiger partial charge in [0, 0.05) is 25.5 Å². The Morgan fingerprint density at radius 1 is 1.28 bits per heavy atom. The van der Waals surface area contributed by atoms with Crippen molar-refractivity contribution < 1.29 is 8.42 Å². The summed E-state index contributed by atoms with van der Waals surface area (Å²) in [5.41, 5.74) is 0.653. The van der Waals surface area contributed by atoms with Gasteiger partial charge in [-0.1, -0.05) is 12.1 Å². The number of nitrogens with zero attached hydrogens (tertiary/aromatic N) is 1. The smallest absolute Gasteiger partial charge is 0.244 e. The summed E-state index contributed by atoms with van der Waals surface area (Å²) in [5, 5.41) is 3.46. The van der Waals surface area contributed by atoms with E-state index < -0.39 is 10.0 Å². The Morgan fingerprint density at radius 3 is 2.44 bits per heavy atom. The van der Waals surface area contributed by atoms with Crippen LogP contribution in [0.15, 0.2) is 29.2 Å². The van der Waals surface area contributed by atoms with Crippen LogP contribution in [0.4, 0.5) is 5.69 Å². The molecule has 0 heterocycles. The maximum Gasteiger partial charge on any atom is 0.244 e. The molecule has 2 rings (SSSR count). The number of alkyl halides is 1. The molecule has 0 radical (unpaired) electrons. The van der Waals surface area contributed by atoms with E-state index in [0.29, 0.717) is 10.6 Å². The first-order chi connectivity index (χ1) is 8.41. The number of halogens is 1. The second kappa shape index (κ2) is 5.07. The molecule has 0 unspecified atom stereocenters. The van der Waals surface area contributed by atoms with Gasteiger partial charge >= 0.3 is 0 Å². The van der Waals surface area contributed by atoms with Crippen molar-refractivity contribution in [3.63, 3.8) is 0 Å². The van der Waals surface area contributed by atoms with Crippen molar-refractivity contribution in [2.45, 2.75) is 29.2 Å². The first-order valence-electron chi connectivity index (χ1n) is 5.83. The molecular weight excluding hydrogens is 272 g/mol. The van der Waals surface area contributed by atoms with Crippen LogP contribution in [-0.4, -0.2) is 38.2 Å². The molecule has 1 aliphatic carbocycles. The second-order valence-corrected chi connectivity index (χ2v) is 7.43. The van der Waals surface area contributed by atoms with Gasteiger partial charge in [0.2, 0.25) is 10.0 Å². The molecule has 1 fully saturated rings. The zero-order valence-corrected chi connectivity index (χ0v) is 12.0. The molecule has 0 amide bonds. The first kappa shape index (κ1) is 13.6. The number of hydrogen-bond acceptors (Lipinski definition) is 3. The van der Waals surface area contributed by atoms with Gasteiger partial charge in [0.15, 0.2) is 0 Å². The summed E-state index contributed by atoms with van der Waals surface area (Å²) < 4.78 is 25.6.